The Hall–Kier alpha value is -2.77. The average molecular weight is 328 g/mol. The Balaban J connectivity index is 1.95. The van der Waals surface area contributed by atoms with Gasteiger partial charge in [-0.2, -0.15) is 0 Å². The number of hydrogen-bond donors (Lipinski definition) is 1. The second kappa shape index (κ2) is 5.12. The van der Waals surface area contributed by atoms with E-state index in [1.54, 1.807) is 0 Å². The predicted octanol–water partition coefficient (Wildman–Crippen LogP) is 6.79. The number of hydrogen-bond acceptors (Lipinski definition) is 0. The van der Waals surface area contributed by atoms with Crippen molar-refractivity contribution in [3.05, 3.63) is 83.9 Å². The molecule has 0 aliphatic rings. The molecule has 0 aliphatic carbocycles. The molecule has 24 heavy (non-hydrogen) atoms. The summed E-state index contributed by atoms with van der Waals surface area (Å²) in [5.74, 6) is 0. The molecule has 0 saturated heterocycles. The highest BCUT2D eigenvalue weighted by Crippen LogP contribution is 2.38. The molecule has 4 aromatic carbocycles. The number of aromatic nitrogens is 1. The average Bonchev–Trinajstić information content (AvgIpc) is 2.99. The second-order valence-corrected chi connectivity index (χ2v) is 6.51. The highest BCUT2D eigenvalue weighted by molar-refractivity contribution is 6.33. The molecule has 2 heteroatoms. The smallest absolute Gasteiger partial charge is 0.0545 e. The van der Waals surface area contributed by atoms with E-state index in [9.17, 15) is 0 Å². The lowest BCUT2D eigenvalue weighted by molar-refractivity contribution is 1.54. The standard InChI is InChI=1S/C22H14ClN/c23-15-12-19(17-10-5-7-14-6-1-2-8-16(14)17)22-20(13-15)18-9-3-4-11-21(18)24-22/h1-13,24H. The van der Waals surface area contributed by atoms with Crippen LogP contribution in [0.25, 0.3) is 43.7 Å². The third-order valence-corrected chi connectivity index (χ3v) is 4.88. The highest BCUT2D eigenvalue weighted by atomic mass is 35.5. The van der Waals surface area contributed by atoms with E-state index in [2.05, 4.69) is 77.8 Å². The van der Waals surface area contributed by atoms with Crippen molar-refractivity contribution in [1.82, 2.24) is 4.98 Å². The van der Waals surface area contributed by atoms with E-state index in [-0.39, 0.29) is 0 Å². The largest absolute Gasteiger partial charge is 0.354 e. The summed E-state index contributed by atoms with van der Waals surface area (Å²) < 4.78 is 0. The molecular formula is C22H14ClN. The number of fused-ring (bicyclic) bond motifs is 4. The molecule has 0 amide bonds. The fourth-order valence-electron chi connectivity index (χ4n) is 3.59. The van der Waals surface area contributed by atoms with Crippen LogP contribution in [0.5, 0.6) is 0 Å². The van der Waals surface area contributed by atoms with Crippen LogP contribution in [-0.4, -0.2) is 4.98 Å². The van der Waals surface area contributed by atoms with E-state index >= 15 is 0 Å². The van der Waals surface area contributed by atoms with Gasteiger partial charge < -0.3 is 4.98 Å². The van der Waals surface area contributed by atoms with Gasteiger partial charge in [0.2, 0.25) is 0 Å². The van der Waals surface area contributed by atoms with Gasteiger partial charge in [0.1, 0.15) is 0 Å². The quantitative estimate of drug-likeness (QED) is 0.348. The summed E-state index contributed by atoms with van der Waals surface area (Å²) in [5.41, 5.74) is 4.62. The van der Waals surface area contributed by atoms with Crippen LogP contribution in [0.1, 0.15) is 0 Å². The zero-order chi connectivity index (χ0) is 16.1. The molecule has 0 saturated carbocycles. The Morgan fingerprint density at radius 1 is 0.625 bits per heavy atom. The third-order valence-electron chi connectivity index (χ3n) is 4.66. The normalized spacial score (nSPS) is 11.5. The molecule has 1 nitrogen and oxygen atoms in total. The Bertz CT molecular complexity index is 1210. The molecule has 0 atom stereocenters. The highest BCUT2D eigenvalue weighted by Gasteiger charge is 2.13. The lowest BCUT2D eigenvalue weighted by Gasteiger charge is -2.09. The minimum absolute atomic E-state index is 0.759. The summed E-state index contributed by atoms with van der Waals surface area (Å²) in [7, 11) is 0. The molecule has 1 N–H and O–H groups in total. The van der Waals surface area contributed by atoms with Gasteiger partial charge in [-0.25, -0.2) is 0 Å². The van der Waals surface area contributed by atoms with Gasteiger partial charge in [0.25, 0.3) is 0 Å². The van der Waals surface area contributed by atoms with Crippen LogP contribution in [0.4, 0.5) is 0 Å². The van der Waals surface area contributed by atoms with Crippen molar-refractivity contribution in [2.24, 2.45) is 0 Å². The Morgan fingerprint density at radius 2 is 1.38 bits per heavy atom. The van der Waals surface area contributed by atoms with Gasteiger partial charge in [0.15, 0.2) is 0 Å². The van der Waals surface area contributed by atoms with Gasteiger partial charge in [-0.15, -0.1) is 0 Å². The molecule has 1 aromatic heterocycles. The lowest BCUT2D eigenvalue weighted by Crippen LogP contribution is -1.84. The molecule has 0 aliphatic heterocycles. The molecule has 0 bridgehead atoms. The number of para-hydroxylation sites is 1. The van der Waals surface area contributed by atoms with Crippen molar-refractivity contribution in [3.8, 4) is 11.1 Å². The minimum Gasteiger partial charge on any atom is -0.354 e. The molecule has 0 fully saturated rings. The van der Waals surface area contributed by atoms with Crippen molar-refractivity contribution < 1.29 is 0 Å². The number of benzene rings is 4. The molecular weight excluding hydrogens is 314 g/mol. The second-order valence-electron chi connectivity index (χ2n) is 6.07. The Labute approximate surface area is 144 Å². The monoisotopic (exact) mass is 327 g/mol. The number of nitrogens with one attached hydrogen (secondary N) is 1. The maximum Gasteiger partial charge on any atom is 0.0545 e. The zero-order valence-corrected chi connectivity index (χ0v) is 13.6. The van der Waals surface area contributed by atoms with E-state index in [4.69, 9.17) is 11.6 Å². The molecule has 1 heterocycles. The van der Waals surface area contributed by atoms with Crippen LogP contribution < -0.4 is 0 Å². The van der Waals surface area contributed by atoms with Crippen molar-refractivity contribution >= 4 is 44.2 Å². The first kappa shape index (κ1) is 13.6. The van der Waals surface area contributed by atoms with E-state index in [1.807, 2.05) is 6.07 Å². The summed E-state index contributed by atoms with van der Waals surface area (Å²) in [6.07, 6.45) is 0. The van der Waals surface area contributed by atoms with Gasteiger partial charge in [-0.05, 0) is 34.5 Å². The maximum atomic E-state index is 6.47. The van der Waals surface area contributed by atoms with E-state index < -0.39 is 0 Å². The predicted molar refractivity (Wildman–Crippen MR) is 104 cm³/mol. The molecule has 0 radical (unpaired) electrons. The van der Waals surface area contributed by atoms with Crippen LogP contribution in [0.2, 0.25) is 5.02 Å². The van der Waals surface area contributed by atoms with E-state index in [0.717, 1.165) is 21.6 Å². The van der Waals surface area contributed by atoms with Gasteiger partial charge in [-0.1, -0.05) is 72.3 Å². The van der Waals surface area contributed by atoms with Crippen LogP contribution in [0, 0.1) is 0 Å². The van der Waals surface area contributed by atoms with Gasteiger partial charge in [-0.3, -0.25) is 0 Å². The van der Waals surface area contributed by atoms with Crippen molar-refractivity contribution in [1.29, 1.82) is 0 Å². The topological polar surface area (TPSA) is 15.8 Å². The summed E-state index contributed by atoms with van der Waals surface area (Å²) in [6.45, 7) is 0. The number of halogens is 1. The maximum absolute atomic E-state index is 6.47. The summed E-state index contributed by atoms with van der Waals surface area (Å²) >= 11 is 6.47. The Kier molecular flexibility index (Phi) is 2.91. The van der Waals surface area contributed by atoms with Gasteiger partial charge in [0, 0.05) is 26.9 Å². The zero-order valence-electron chi connectivity index (χ0n) is 12.9. The molecule has 5 aromatic rings. The lowest BCUT2D eigenvalue weighted by atomic mass is 9.96. The van der Waals surface area contributed by atoms with E-state index in [1.165, 1.54) is 27.1 Å². The van der Waals surface area contributed by atoms with Crippen molar-refractivity contribution in [3.63, 3.8) is 0 Å². The fraction of sp³-hybridized carbons (Fsp3) is 0. The summed E-state index contributed by atoms with van der Waals surface area (Å²) in [4.78, 5) is 3.58. The first-order valence-corrected chi connectivity index (χ1v) is 8.37. The van der Waals surface area contributed by atoms with Gasteiger partial charge >= 0.3 is 0 Å². The van der Waals surface area contributed by atoms with Crippen molar-refractivity contribution in [2.45, 2.75) is 0 Å². The first-order chi connectivity index (χ1) is 11.8. The molecule has 5 rings (SSSR count). The van der Waals surface area contributed by atoms with Crippen LogP contribution in [0.15, 0.2) is 78.9 Å². The minimum atomic E-state index is 0.759. The van der Waals surface area contributed by atoms with Crippen molar-refractivity contribution in [2.75, 3.05) is 0 Å². The fourth-order valence-corrected chi connectivity index (χ4v) is 3.81. The molecule has 114 valence electrons. The number of H-pyrrole nitrogens is 1. The summed E-state index contributed by atoms with van der Waals surface area (Å²) in [5, 5.41) is 5.61. The van der Waals surface area contributed by atoms with Crippen LogP contribution >= 0.6 is 11.6 Å². The first-order valence-electron chi connectivity index (χ1n) is 7.99. The SMILES string of the molecule is Clc1cc(-c2cccc3ccccc23)c2[nH]c3ccccc3c2c1. The van der Waals surface area contributed by atoms with Gasteiger partial charge in [0.05, 0.1) is 5.52 Å². The van der Waals surface area contributed by atoms with Crippen LogP contribution in [-0.2, 0) is 0 Å². The Morgan fingerprint density at radius 3 is 2.29 bits per heavy atom. The molecule has 0 spiro atoms. The number of aromatic amines is 1. The molecule has 0 unspecified atom stereocenters. The van der Waals surface area contributed by atoms with E-state index in [0.29, 0.717) is 0 Å². The third kappa shape index (κ3) is 1.95. The number of rotatable bonds is 1. The summed E-state index contributed by atoms with van der Waals surface area (Å²) in [6, 6.07) is 27.3. The van der Waals surface area contributed by atoms with Crippen LogP contribution in [0.3, 0.4) is 0 Å².